The Morgan fingerprint density at radius 1 is 1.35 bits per heavy atom. The summed E-state index contributed by atoms with van der Waals surface area (Å²) in [7, 11) is -3.94. The second-order valence-corrected chi connectivity index (χ2v) is 9.48. The Morgan fingerprint density at radius 3 is 2.62 bits per heavy atom. The predicted molar refractivity (Wildman–Crippen MR) is 98.1 cm³/mol. The first-order chi connectivity index (χ1) is 12.1. The molecule has 1 N–H and O–H groups in total. The highest BCUT2D eigenvalue weighted by Crippen LogP contribution is 2.27. The summed E-state index contributed by atoms with van der Waals surface area (Å²) in [5, 5.41) is 10.4. The first kappa shape index (κ1) is 20.5. The largest absolute Gasteiger partial charge is 0.299 e. The molecule has 0 bridgehead atoms. The third-order valence-electron chi connectivity index (χ3n) is 3.15. The van der Waals surface area contributed by atoms with E-state index in [4.69, 9.17) is 0 Å². The lowest BCUT2D eigenvalue weighted by Gasteiger charge is -2.27. The summed E-state index contributed by atoms with van der Waals surface area (Å²) in [5.41, 5.74) is -0.159. The molecule has 0 unspecified atom stereocenters. The Bertz CT molecular complexity index is 905. The van der Waals surface area contributed by atoms with Gasteiger partial charge in [-0.25, -0.2) is 17.2 Å². The fourth-order valence-corrected chi connectivity index (χ4v) is 4.90. The first-order valence-corrected chi connectivity index (χ1v) is 11.0. The number of nitrogens with zero attached hydrogens (tertiary/aromatic N) is 3. The van der Waals surface area contributed by atoms with Crippen molar-refractivity contribution in [2.45, 2.75) is 24.2 Å². The maximum absolute atomic E-state index is 13.5. The van der Waals surface area contributed by atoms with E-state index in [-0.39, 0.29) is 10.8 Å². The van der Waals surface area contributed by atoms with Crippen molar-refractivity contribution in [3.63, 3.8) is 0 Å². The molecule has 0 saturated carbocycles. The highest BCUT2D eigenvalue weighted by Gasteiger charge is 2.30. The van der Waals surface area contributed by atoms with Crippen LogP contribution in [0.5, 0.6) is 0 Å². The Labute approximate surface area is 157 Å². The number of anilines is 2. The van der Waals surface area contributed by atoms with Gasteiger partial charge >= 0.3 is 0 Å². The molecular weight excluding hydrogens is 406 g/mol. The van der Waals surface area contributed by atoms with Gasteiger partial charge in [0.05, 0.1) is 11.9 Å². The topological polar surface area (TPSA) is 92.3 Å². The first-order valence-electron chi connectivity index (χ1n) is 7.35. The maximum Gasteiger partial charge on any atom is 0.249 e. The van der Waals surface area contributed by atoms with Crippen LogP contribution in [0.3, 0.4) is 0 Å². The summed E-state index contributed by atoms with van der Waals surface area (Å²) in [6.07, 6.45) is 0.874. The molecule has 142 valence electrons. The molecule has 1 atom stereocenters. The minimum Gasteiger partial charge on any atom is -0.299 e. The van der Waals surface area contributed by atoms with Crippen LogP contribution in [0.25, 0.3) is 0 Å². The number of thioether (sulfide) groups is 1. The van der Waals surface area contributed by atoms with Gasteiger partial charge in [-0.2, -0.15) is 0 Å². The van der Waals surface area contributed by atoms with E-state index in [1.807, 2.05) is 6.92 Å². The van der Waals surface area contributed by atoms with Crippen LogP contribution in [-0.4, -0.2) is 42.6 Å². The monoisotopic (exact) mass is 422 g/mol. The number of nitrogens with one attached hydrogen (secondary N) is 1. The molecule has 0 aliphatic carbocycles. The van der Waals surface area contributed by atoms with E-state index in [1.54, 1.807) is 0 Å². The van der Waals surface area contributed by atoms with Crippen molar-refractivity contribution >= 4 is 49.8 Å². The molecular formula is C14H16F2N4O3S3. The molecule has 2 rings (SSSR count). The van der Waals surface area contributed by atoms with Crippen LogP contribution in [0, 0.1) is 11.6 Å². The number of carbonyl (C=O) groups excluding carboxylic acids is 1. The molecule has 1 aromatic carbocycles. The van der Waals surface area contributed by atoms with Crippen LogP contribution < -0.4 is 9.62 Å². The van der Waals surface area contributed by atoms with E-state index in [0.29, 0.717) is 8.64 Å². The van der Waals surface area contributed by atoms with Crippen LogP contribution in [0.2, 0.25) is 0 Å². The highest BCUT2D eigenvalue weighted by molar-refractivity contribution is 8.01. The number of halogens is 2. The molecule has 0 spiro atoms. The molecule has 12 heteroatoms. The van der Waals surface area contributed by atoms with Crippen LogP contribution in [0.4, 0.5) is 19.6 Å². The van der Waals surface area contributed by atoms with Gasteiger partial charge in [-0.15, -0.1) is 10.2 Å². The number of rotatable bonds is 7. The standard InChI is InChI=1S/C14H16F2N4O3S3/c1-4-24-14-19-18-13(25-14)17-12(21)8(2)20(26(3,22)23)9-5-6-10(15)11(16)7-9/h5-8H,4H2,1-3H3,(H,17,18,21)/t8-/m1/s1. The van der Waals surface area contributed by atoms with Gasteiger partial charge < -0.3 is 0 Å². The highest BCUT2D eigenvalue weighted by atomic mass is 32.2. The van der Waals surface area contributed by atoms with Gasteiger partial charge in [0.15, 0.2) is 16.0 Å². The van der Waals surface area contributed by atoms with Crippen molar-refractivity contribution in [2.24, 2.45) is 0 Å². The quantitative estimate of drug-likeness (QED) is 0.545. The molecule has 1 aromatic heterocycles. The lowest BCUT2D eigenvalue weighted by molar-refractivity contribution is -0.116. The van der Waals surface area contributed by atoms with Crippen molar-refractivity contribution in [2.75, 3.05) is 21.6 Å². The number of benzene rings is 1. The fraction of sp³-hybridized carbons (Fsp3) is 0.357. The third-order valence-corrected chi connectivity index (χ3v) is 6.25. The lowest BCUT2D eigenvalue weighted by atomic mass is 10.2. The molecule has 2 aromatic rings. The van der Waals surface area contributed by atoms with Crippen LogP contribution in [0.15, 0.2) is 22.5 Å². The smallest absolute Gasteiger partial charge is 0.249 e. The number of carbonyl (C=O) groups is 1. The molecule has 7 nitrogen and oxygen atoms in total. The van der Waals surface area contributed by atoms with Crippen LogP contribution in [-0.2, 0) is 14.8 Å². The average molecular weight is 423 g/mol. The van der Waals surface area contributed by atoms with Crippen LogP contribution in [0.1, 0.15) is 13.8 Å². The van der Waals surface area contributed by atoms with E-state index >= 15 is 0 Å². The van der Waals surface area contributed by atoms with Gasteiger partial charge in [-0.3, -0.25) is 14.4 Å². The second kappa shape index (κ2) is 8.27. The predicted octanol–water partition coefficient (Wildman–Crippen LogP) is 2.72. The van der Waals surface area contributed by atoms with Gasteiger partial charge in [0.1, 0.15) is 6.04 Å². The zero-order valence-electron chi connectivity index (χ0n) is 14.1. The van der Waals surface area contributed by atoms with Crippen molar-refractivity contribution in [1.82, 2.24) is 10.2 Å². The summed E-state index contributed by atoms with van der Waals surface area (Å²) in [6, 6.07) is 1.39. The number of hydrogen-bond donors (Lipinski definition) is 1. The van der Waals surface area contributed by atoms with E-state index in [0.717, 1.165) is 41.5 Å². The Kier molecular flexibility index (Phi) is 6.53. The zero-order chi connectivity index (χ0) is 19.5. The number of hydrogen-bond acceptors (Lipinski definition) is 7. The SMILES string of the molecule is CCSc1nnc(NC(=O)[C@@H](C)N(c2ccc(F)c(F)c2)S(C)(=O)=O)s1. The summed E-state index contributed by atoms with van der Waals surface area (Å²) < 4.78 is 52.2. The van der Waals surface area contributed by atoms with Crippen molar-refractivity contribution in [3.8, 4) is 0 Å². The summed E-state index contributed by atoms with van der Waals surface area (Å²) in [4.78, 5) is 12.4. The van der Waals surface area contributed by atoms with Gasteiger partial charge in [0, 0.05) is 6.07 Å². The van der Waals surface area contributed by atoms with E-state index in [2.05, 4.69) is 15.5 Å². The number of amides is 1. The lowest BCUT2D eigenvalue weighted by Crippen LogP contribution is -2.45. The van der Waals surface area contributed by atoms with Crippen LogP contribution >= 0.6 is 23.1 Å². The molecule has 0 aliphatic heterocycles. The minimum absolute atomic E-state index is 0.159. The Morgan fingerprint density at radius 2 is 2.04 bits per heavy atom. The zero-order valence-corrected chi connectivity index (χ0v) is 16.5. The molecule has 0 aliphatic rings. The van der Waals surface area contributed by atoms with Gasteiger partial charge in [0.2, 0.25) is 21.1 Å². The summed E-state index contributed by atoms with van der Waals surface area (Å²) >= 11 is 2.61. The van der Waals surface area contributed by atoms with E-state index in [9.17, 15) is 22.0 Å². The van der Waals surface area contributed by atoms with Gasteiger partial charge in [0.25, 0.3) is 0 Å². The molecule has 1 amide bonds. The Hall–Kier alpha value is -1.79. The molecule has 0 fully saturated rings. The third kappa shape index (κ3) is 4.89. The van der Waals surface area contributed by atoms with Gasteiger partial charge in [-0.1, -0.05) is 30.0 Å². The normalized spacial score (nSPS) is 12.7. The maximum atomic E-state index is 13.5. The van der Waals surface area contributed by atoms with Crippen molar-refractivity contribution in [1.29, 1.82) is 0 Å². The Balaban J connectivity index is 2.26. The van der Waals surface area contributed by atoms with Crippen molar-refractivity contribution < 1.29 is 22.0 Å². The fourth-order valence-electron chi connectivity index (χ4n) is 2.08. The molecule has 1 heterocycles. The number of aromatic nitrogens is 2. The molecule has 26 heavy (non-hydrogen) atoms. The van der Waals surface area contributed by atoms with E-state index < -0.39 is 33.6 Å². The summed E-state index contributed by atoms with van der Waals surface area (Å²) in [6.45, 7) is 3.28. The molecule has 0 saturated heterocycles. The number of sulfonamides is 1. The minimum atomic E-state index is -3.94. The van der Waals surface area contributed by atoms with Crippen molar-refractivity contribution in [3.05, 3.63) is 29.8 Å². The molecule has 0 radical (unpaired) electrons. The van der Waals surface area contributed by atoms with E-state index in [1.165, 1.54) is 18.7 Å². The van der Waals surface area contributed by atoms with Gasteiger partial charge in [-0.05, 0) is 24.8 Å². The average Bonchev–Trinajstić information content (AvgIpc) is 2.97. The summed E-state index contributed by atoms with van der Waals surface area (Å²) in [5.74, 6) is -2.22. The second-order valence-electron chi connectivity index (χ2n) is 5.13.